The van der Waals surface area contributed by atoms with Gasteiger partial charge in [-0.1, -0.05) is 19.1 Å². The molecule has 0 radical (unpaired) electrons. The van der Waals surface area contributed by atoms with E-state index in [9.17, 15) is 9.59 Å². The summed E-state index contributed by atoms with van der Waals surface area (Å²) in [5, 5.41) is 12.0. The van der Waals surface area contributed by atoms with Crippen molar-refractivity contribution in [1.29, 1.82) is 0 Å². The number of nitrogens with zero attached hydrogens (tertiary/aromatic N) is 1. The maximum absolute atomic E-state index is 12.3. The van der Waals surface area contributed by atoms with E-state index in [-0.39, 0.29) is 18.5 Å². The third-order valence-corrected chi connectivity index (χ3v) is 4.35. The number of urea groups is 1. The lowest BCUT2D eigenvalue weighted by Crippen LogP contribution is -2.47. The van der Waals surface area contributed by atoms with Crippen molar-refractivity contribution in [2.24, 2.45) is 11.8 Å². The quantitative estimate of drug-likeness (QED) is 0.766. The molecule has 1 saturated heterocycles. The number of likely N-dealkylation sites (tertiary alicyclic amines) is 1. The van der Waals surface area contributed by atoms with Gasteiger partial charge in [-0.05, 0) is 47.1 Å². The van der Waals surface area contributed by atoms with Crippen LogP contribution in [0.2, 0.25) is 0 Å². The van der Waals surface area contributed by atoms with Crippen molar-refractivity contribution in [2.75, 3.05) is 18.4 Å². The van der Waals surface area contributed by atoms with Gasteiger partial charge in [-0.15, -0.1) is 0 Å². The maximum Gasteiger partial charge on any atom is 0.321 e. The van der Waals surface area contributed by atoms with Crippen molar-refractivity contribution in [3.63, 3.8) is 0 Å². The highest BCUT2D eigenvalue weighted by atomic mass is 127. The lowest BCUT2D eigenvalue weighted by Gasteiger charge is -2.34. The molecule has 0 aliphatic carbocycles. The van der Waals surface area contributed by atoms with Crippen LogP contribution in [0, 0.1) is 15.4 Å². The highest BCUT2D eigenvalue weighted by Crippen LogP contribution is 2.23. The maximum atomic E-state index is 12.3. The van der Waals surface area contributed by atoms with Gasteiger partial charge in [0.1, 0.15) is 0 Å². The second-order valence-corrected chi connectivity index (χ2v) is 6.35. The summed E-state index contributed by atoms with van der Waals surface area (Å²) < 4.78 is 0.957. The number of hydrogen-bond acceptors (Lipinski definition) is 2. The van der Waals surface area contributed by atoms with Crippen LogP contribution in [-0.4, -0.2) is 35.1 Å². The molecule has 0 saturated carbocycles. The van der Waals surface area contributed by atoms with Gasteiger partial charge in [-0.3, -0.25) is 4.79 Å². The van der Waals surface area contributed by atoms with E-state index in [0.717, 1.165) is 9.26 Å². The summed E-state index contributed by atoms with van der Waals surface area (Å²) in [4.78, 5) is 25.0. The monoisotopic (exact) mass is 388 g/mol. The average molecular weight is 388 g/mol. The van der Waals surface area contributed by atoms with Crippen LogP contribution in [0.1, 0.15) is 13.3 Å². The Labute approximate surface area is 131 Å². The zero-order valence-electron chi connectivity index (χ0n) is 11.2. The minimum atomic E-state index is -0.830. The Balaban J connectivity index is 2.05. The van der Waals surface area contributed by atoms with Gasteiger partial charge in [0.05, 0.1) is 11.6 Å². The van der Waals surface area contributed by atoms with E-state index in [1.807, 2.05) is 31.2 Å². The number of carboxylic acids is 1. The zero-order valence-corrected chi connectivity index (χ0v) is 13.3. The predicted molar refractivity (Wildman–Crippen MR) is 84.7 cm³/mol. The van der Waals surface area contributed by atoms with Crippen LogP contribution in [0.4, 0.5) is 10.5 Å². The standard InChI is InChI=1S/C14H17IN2O3/c1-9-6-10(13(18)19)8-17(7-9)14(20)16-12-5-3-2-4-11(12)15/h2-5,9-10H,6-8H2,1H3,(H,16,20)(H,18,19). The minimum absolute atomic E-state index is 0.199. The Bertz CT molecular complexity index is 521. The molecule has 0 bridgehead atoms. The molecule has 0 aromatic heterocycles. The second-order valence-electron chi connectivity index (χ2n) is 5.19. The molecular weight excluding hydrogens is 371 g/mol. The van der Waals surface area contributed by atoms with Crippen LogP contribution in [0.15, 0.2) is 24.3 Å². The topological polar surface area (TPSA) is 69.6 Å². The minimum Gasteiger partial charge on any atom is -0.481 e. The number of halogens is 1. The summed E-state index contributed by atoms with van der Waals surface area (Å²) in [5.74, 6) is -1.10. The van der Waals surface area contributed by atoms with Crippen molar-refractivity contribution in [1.82, 2.24) is 4.90 Å². The SMILES string of the molecule is CC1CC(C(=O)O)CN(C(=O)Nc2ccccc2I)C1. The number of para-hydroxylation sites is 1. The number of carboxylic acid groups (broad SMARTS) is 1. The molecule has 1 fully saturated rings. The first-order valence-electron chi connectivity index (χ1n) is 6.50. The average Bonchev–Trinajstić information content (AvgIpc) is 2.40. The second kappa shape index (κ2) is 6.43. The normalized spacial score (nSPS) is 22.4. The van der Waals surface area contributed by atoms with E-state index >= 15 is 0 Å². The van der Waals surface area contributed by atoms with E-state index in [2.05, 4.69) is 27.9 Å². The number of carbonyl (C=O) groups is 2. The first kappa shape index (κ1) is 15.1. The summed E-state index contributed by atoms with van der Waals surface area (Å²) in [6, 6.07) is 7.28. The molecule has 5 nitrogen and oxygen atoms in total. The molecule has 1 aliphatic heterocycles. The fourth-order valence-electron chi connectivity index (χ4n) is 2.45. The van der Waals surface area contributed by atoms with Crippen LogP contribution >= 0.6 is 22.6 Å². The van der Waals surface area contributed by atoms with Gasteiger partial charge < -0.3 is 15.3 Å². The van der Waals surface area contributed by atoms with E-state index in [4.69, 9.17) is 5.11 Å². The van der Waals surface area contributed by atoms with Gasteiger partial charge in [-0.25, -0.2) is 4.79 Å². The Hall–Kier alpha value is -1.31. The molecule has 1 aromatic carbocycles. The lowest BCUT2D eigenvalue weighted by molar-refractivity contribution is -0.143. The third kappa shape index (κ3) is 3.62. The highest BCUT2D eigenvalue weighted by Gasteiger charge is 2.31. The van der Waals surface area contributed by atoms with E-state index in [1.54, 1.807) is 4.90 Å². The molecule has 1 aliphatic rings. The number of rotatable bonds is 2. The number of carbonyl (C=O) groups excluding carboxylic acids is 1. The van der Waals surface area contributed by atoms with E-state index in [1.165, 1.54) is 0 Å². The van der Waals surface area contributed by atoms with Crippen molar-refractivity contribution in [3.05, 3.63) is 27.8 Å². The summed E-state index contributed by atoms with van der Waals surface area (Å²) >= 11 is 2.16. The number of anilines is 1. The van der Waals surface area contributed by atoms with Crippen LogP contribution < -0.4 is 5.32 Å². The number of nitrogens with one attached hydrogen (secondary N) is 1. The largest absolute Gasteiger partial charge is 0.481 e. The number of piperidine rings is 1. The van der Waals surface area contributed by atoms with Gasteiger partial charge in [0.15, 0.2) is 0 Å². The third-order valence-electron chi connectivity index (χ3n) is 3.41. The number of hydrogen-bond donors (Lipinski definition) is 2. The van der Waals surface area contributed by atoms with Gasteiger partial charge in [0.2, 0.25) is 0 Å². The highest BCUT2D eigenvalue weighted by molar-refractivity contribution is 14.1. The number of benzene rings is 1. The first-order chi connectivity index (χ1) is 9.47. The Morgan fingerprint density at radius 2 is 2.05 bits per heavy atom. The van der Waals surface area contributed by atoms with Crippen LogP contribution in [0.25, 0.3) is 0 Å². The smallest absolute Gasteiger partial charge is 0.321 e. The van der Waals surface area contributed by atoms with Crippen molar-refractivity contribution in [2.45, 2.75) is 13.3 Å². The molecule has 1 heterocycles. The molecule has 2 N–H and O–H groups in total. The van der Waals surface area contributed by atoms with Gasteiger partial charge in [0.25, 0.3) is 0 Å². The van der Waals surface area contributed by atoms with Gasteiger partial charge in [0, 0.05) is 16.7 Å². The summed E-state index contributed by atoms with van der Waals surface area (Å²) in [7, 11) is 0. The van der Waals surface area contributed by atoms with Crippen LogP contribution in [-0.2, 0) is 4.79 Å². The van der Waals surface area contributed by atoms with Crippen molar-refractivity contribution < 1.29 is 14.7 Å². The van der Waals surface area contributed by atoms with Crippen LogP contribution in [0.3, 0.4) is 0 Å². The molecule has 108 valence electrons. The van der Waals surface area contributed by atoms with Crippen molar-refractivity contribution >= 4 is 40.3 Å². The summed E-state index contributed by atoms with van der Waals surface area (Å²) in [6.45, 7) is 2.84. The Morgan fingerprint density at radius 1 is 1.35 bits per heavy atom. The fraction of sp³-hybridized carbons (Fsp3) is 0.429. The molecule has 0 spiro atoms. The zero-order chi connectivity index (χ0) is 14.7. The molecule has 6 heteroatoms. The number of amides is 2. The molecule has 2 rings (SSSR count). The first-order valence-corrected chi connectivity index (χ1v) is 7.58. The Morgan fingerprint density at radius 3 is 2.70 bits per heavy atom. The van der Waals surface area contributed by atoms with E-state index < -0.39 is 11.9 Å². The summed E-state index contributed by atoms with van der Waals surface area (Å²) in [5.41, 5.74) is 0.753. The van der Waals surface area contributed by atoms with E-state index in [0.29, 0.717) is 13.0 Å². The van der Waals surface area contributed by atoms with Gasteiger partial charge in [-0.2, -0.15) is 0 Å². The molecule has 1 aromatic rings. The lowest BCUT2D eigenvalue weighted by atomic mass is 9.91. The van der Waals surface area contributed by atoms with Gasteiger partial charge >= 0.3 is 12.0 Å². The van der Waals surface area contributed by atoms with Crippen LogP contribution in [0.5, 0.6) is 0 Å². The molecule has 2 atom stereocenters. The van der Waals surface area contributed by atoms with Crippen molar-refractivity contribution in [3.8, 4) is 0 Å². The fourth-order valence-corrected chi connectivity index (χ4v) is 2.98. The predicted octanol–water partition coefficient (Wildman–Crippen LogP) is 2.87. The molecule has 2 amide bonds. The Kier molecular flexibility index (Phi) is 4.85. The number of aliphatic carboxylic acids is 1. The molecule has 2 unspecified atom stereocenters. The molecular formula is C14H17IN2O3. The summed E-state index contributed by atoms with van der Waals surface area (Å²) in [6.07, 6.45) is 0.627. The molecule has 20 heavy (non-hydrogen) atoms.